The molecule has 1 aliphatic carbocycles. The zero-order valence-electron chi connectivity index (χ0n) is 11.3. The summed E-state index contributed by atoms with van der Waals surface area (Å²) in [4.78, 5) is 0.227. The van der Waals surface area contributed by atoms with Crippen LogP contribution in [0.5, 0.6) is 5.75 Å². The highest BCUT2D eigenvalue weighted by Crippen LogP contribution is 2.33. The summed E-state index contributed by atoms with van der Waals surface area (Å²) in [5.41, 5.74) is 6.16. The monoisotopic (exact) mass is 283 g/mol. The van der Waals surface area contributed by atoms with Crippen molar-refractivity contribution in [2.24, 2.45) is 0 Å². The van der Waals surface area contributed by atoms with Crippen LogP contribution in [0.25, 0.3) is 0 Å². The normalized spacial score (nSPS) is 17.3. The predicted octanol–water partition coefficient (Wildman–Crippen LogP) is 2.77. The Labute approximate surface area is 114 Å². The zero-order chi connectivity index (χ0) is 13.9. The number of nitrogen functional groups attached to an aromatic ring is 1. The molecule has 1 aromatic rings. The lowest BCUT2D eigenvalue weighted by Gasteiger charge is -2.22. The molecule has 0 saturated heterocycles. The smallest absolute Gasteiger partial charge is 0.183 e. The summed E-state index contributed by atoms with van der Waals surface area (Å²) in [5.74, 6) is 0.561. The number of hydrogen-bond acceptors (Lipinski definition) is 4. The molecule has 5 heteroatoms. The molecule has 0 aliphatic heterocycles. The van der Waals surface area contributed by atoms with E-state index >= 15 is 0 Å². The Balaban J connectivity index is 2.35. The average molecular weight is 283 g/mol. The van der Waals surface area contributed by atoms with Gasteiger partial charge in [0, 0.05) is 6.07 Å². The van der Waals surface area contributed by atoms with Crippen LogP contribution >= 0.6 is 0 Å². The maximum atomic E-state index is 12.6. The zero-order valence-corrected chi connectivity index (χ0v) is 12.1. The molecule has 0 radical (unpaired) electrons. The van der Waals surface area contributed by atoms with E-state index < -0.39 is 9.84 Å². The molecule has 1 aromatic carbocycles. The van der Waals surface area contributed by atoms with Crippen LogP contribution in [-0.2, 0) is 9.84 Å². The first-order chi connectivity index (χ1) is 9.05. The van der Waals surface area contributed by atoms with E-state index in [0.29, 0.717) is 18.0 Å². The second kappa shape index (κ2) is 5.82. The molecule has 2 rings (SSSR count). The third kappa shape index (κ3) is 3.03. The van der Waals surface area contributed by atoms with Crippen molar-refractivity contribution in [3.05, 3.63) is 18.2 Å². The molecule has 4 nitrogen and oxygen atoms in total. The summed E-state index contributed by atoms with van der Waals surface area (Å²) in [6.45, 7) is 2.37. The summed E-state index contributed by atoms with van der Waals surface area (Å²) in [6.07, 6.45) is 4.56. The van der Waals surface area contributed by atoms with Crippen LogP contribution in [0.15, 0.2) is 23.1 Å². The standard InChI is InChI=1S/C14H21NO3S/c1-2-18-11-8-9-13(15)14(10-11)19(16,17)12-6-4-3-5-7-12/h8-10,12H,2-7,15H2,1H3. The van der Waals surface area contributed by atoms with Crippen molar-refractivity contribution in [3.8, 4) is 5.75 Å². The number of hydrogen-bond donors (Lipinski definition) is 1. The van der Waals surface area contributed by atoms with Crippen LogP contribution < -0.4 is 10.5 Å². The average Bonchev–Trinajstić information content (AvgIpc) is 2.42. The minimum absolute atomic E-state index is 0.227. The predicted molar refractivity (Wildman–Crippen MR) is 76.1 cm³/mol. The van der Waals surface area contributed by atoms with Crippen LogP contribution in [0.2, 0.25) is 0 Å². The van der Waals surface area contributed by atoms with Crippen molar-refractivity contribution in [1.82, 2.24) is 0 Å². The van der Waals surface area contributed by atoms with Gasteiger partial charge in [-0.3, -0.25) is 0 Å². The molecule has 0 atom stereocenters. The Morgan fingerprint density at radius 1 is 1.26 bits per heavy atom. The maximum absolute atomic E-state index is 12.6. The van der Waals surface area contributed by atoms with E-state index in [1.807, 2.05) is 6.92 Å². The molecule has 1 aliphatic rings. The van der Waals surface area contributed by atoms with Gasteiger partial charge in [-0.1, -0.05) is 19.3 Å². The van der Waals surface area contributed by atoms with E-state index in [4.69, 9.17) is 10.5 Å². The van der Waals surface area contributed by atoms with E-state index in [9.17, 15) is 8.42 Å². The summed E-state index contributed by atoms with van der Waals surface area (Å²) in [5, 5.41) is -0.291. The Kier molecular flexibility index (Phi) is 4.34. The maximum Gasteiger partial charge on any atom is 0.183 e. The first-order valence-corrected chi connectivity index (χ1v) is 8.36. The summed E-state index contributed by atoms with van der Waals surface area (Å²) >= 11 is 0. The topological polar surface area (TPSA) is 69.4 Å². The Morgan fingerprint density at radius 3 is 2.58 bits per heavy atom. The lowest BCUT2D eigenvalue weighted by atomic mass is 10.0. The van der Waals surface area contributed by atoms with Gasteiger partial charge in [0.25, 0.3) is 0 Å². The SMILES string of the molecule is CCOc1ccc(N)c(S(=O)(=O)C2CCCCC2)c1. The molecule has 0 heterocycles. The number of nitrogens with two attached hydrogens (primary N) is 1. The lowest BCUT2D eigenvalue weighted by molar-refractivity contribution is 0.339. The third-order valence-corrected chi connectivity index (χ3v) is 5.91. The van der Waals surface area contributed by atoms with Gasteiger partial charge in [0.05, 0.1) is 22.4 Å². The molecule has 0 bridgehead atoms. The van der Waals surface area contributed by atoms with Gasteiger partial charge in [0.1, 0.15) is 5.75 Å². The highest BCUT2D eigenvalue weighted by Gasteiger charge is 2.30. The second-order valence-electron chi connectivity index (χ2n) is 4.94. The van der Waals surface area contributed by atoms with Gasteiger partial charge in [-0.15, -0.1) is 0 Å². The Bertz CT molecular complexity index is 534. The first-order valence-electron chi connectivity index (χ1n) is 6.82. The van der Waals surface area contributed by atoms with Crippen LogP contribution in [0.3, 0.4) is 0 Å². The van der Waals surface area contributed by atoms with Gasteiger partial charge >= 0.3 is 0 Å². The van der Waals surface area contributed by atoms with Crippen LogP contribution in [0.4, 0.5) is 5.69 Å². The van der Waals surface area contributed by atoms with E-state index in [1.165, 1.54) is 0 Å². The number of rotatable bonds is 4. The highest BCUT2D eigenvalue weighted by molar-refractivity contribution is 7.92. The molecule has 106 valence electrons. The fourth-order valence-corrected chi connectivity index (χ4v) is 4.56. The quantitative estimate of drug-likeness (QED) is 0.863. The molecule has 1 fully saturated rings. The van der Waals surface area contributed by atoms with Crippen molar-refractivity contribution in [2.75, 3.05) is 12.3 Å². The van der Waals surface area contributed by atoms with Gasteiger partial charge in [0.2, 0.25) is 0 Å². The molecule has 0 amide bonds. The Morgan fingerprint density at radius 2 is 1.95 bits per heavy atom. The van der Waals surface area contributed by atoms with Gasteiger partial charge in [0.15, 0.2) is 9.84 Å². The van der Waals surface area contributed by atoms with E-state index in [2.05, 4.69) is 0 Å². The summed E-state index contributed by atoms with van der Waals surface area (Å²) in [6, 6.07) is 4.88. The number of benzene rings is 1. The van der Waals surface area contributed by atoms with Crippen molar-refractivity contribution in [1.29, 1.82) is 0 Å². The van der Waals surface area contributed by atoms with Crippen molar-refractivity contribution < 1.29 is 13.2 Å². The van der Waals surface area contributed by atoms with E-state index in [0.717, 1.165) is 32.1 Å². The van der Waals surface area contributed by atoms with Crippen LogP contribution in [-0.4, -0.2) is 20.3 Å². The van der Waals surface area contributed by atoms with Gasteiger partial charge in [-0.05, 0) is 31.9 Å². The van der Waals surface area contributed by atoms with E-state index in [-0.39, 0.29) is 10.1 Å². The molecular formula is C14H21NO3S. The number of sulfone groups is 1. The summed E-state index contributed by atoms with van der Waals surface area (Å²) < 4.78 is 30.6. The van der Waals surface area contributed by atoms with Crippen molar-refractivity contribution in [3.63, 3.8) is 0 Å². The number of ether oxygens (including phenoxy) is 1. The minimum atomic E-state index is -3.34. The Hall–Kier alpha value is -1.23. The number of anilines is 1. The second-order valence-corrected chi connectivity index (χ2v) is 7.13. The minimum Gasteiger partial charge on any atom is -0.494 e. The summed E-state index contributed by atoms with van der Waals surface area (Å²) in [7, 11) is -3.34. The van der Waals surface area contributed by atoms with Gasteiger partial charge in [-0.2, -0.15) is 0 Å². The first kappa shape index (κ1) is 14.2. The van der Waals surface area contributed by atoms with Gasteiger partial charge in [-0.25, -0.2) is 8.42 Å². The van der Waals surface area contributed by atoms with Crippen LogP contribution in [0, 0.1) is 0 Å². The molecular weight excluding hydrogens is 262 g/mol. The molecule has 0 spiro atoms. The fraction of sp³-hybridized carbons (Fsp3) is 0.571. The fourth-order valence-electron chi connectivity index (χ4n) is 2.57. The van der Waals surface area contributed by atoms with Gasteiger partial charge < -0.3 is 10.5 Å². The molecule has 2 N–H and O–H groups in total. The molecule has 1 saturated carbocycles. The largest absolute Gasteiger partial charge is 0.494 e. The molecule has 0 aromatic heterocycles. The van der Waals surface area contributed by atoms with E-state index in [1.54, 1.807) is 18.2 Å². The molecule has 19 heavy (non-hydrogen) atoms. The third-order valence-electron chi connectivity index (χ3n) is 3.59. The van der Waals surface area contributed by atoms with Crippen molar-refractivity contribution >= 4 is 15.5 Å². The lowest BCUT2D eigenvalue weighted by Crippen LogP contribution is -2.24. The van der Waals surface area contributed by atoms with Crippen LogP contribution in [0.1, 0.15) is 39.0 Å². The van der Waals surface area contributed by atoms with Crippen molar-refractivity contribution in [2.45, 2.75) is 49.2 Å². The highest BCUT2D eigenvalue weighted by atomic mass is 32.2. The molecule has 0 unspecified atom stereocenters.